The predicted molar refractivity (Wildman–Crippen MR) is 80.6 cm³/mol. The number of aromatic hydroxyl groups is 1. The SMILES string of the molecule is Cc1cccc(S(=O)(=O)N2CCc3ccc(O)cc3C2)c1. The van der Waals surface area contributed by atoms with E-state index in [0.29, 0.717) is 24.4 Å². The van der Waals surface area contributed by atoms with Crippen LogP contribution in [0.2, 0.25) is 0 Å². The first-order valence-electron chi connectivity index (χ1n) is 6.84. The maximum absolute atomic E-state index is 12.7. The number of hydrogen-bond acceptors (Lipinski definition) is 3. The van der Waals surface area contributed by atoms with Gasteiger partial charge in [-0.2, -0.15) is 4.31 Å². The minimum absolute atomic E-state index is 0.170. The molecule has 0 aliphatic carbocycles. The lowest BCUT2D eigenvalue weighted by Crippen LogP contribution is -2.35. The van der Waals surface area contributed by atoms with Gasteiger partial charge in [-0.15, -0.1) is 0 Å². The van der Waals surface area contributed by atoms with Gasteiger partial charge < -0.3 is 5.11 Å². The highest BCUT2D eigenvalue weighted by Gasteiger charge is 2.28. The van der Waals surface area contributed by atoms with E-state index in [1.54, 1.807) is 30.3 Å². The van der Waals surface area contributed by atoms with Gasteiger partial charge in [-0.25, -0.2) is 8.42 Å². The summed E-state index contributed by atoms with van der Waals surface area (Å²) in [6, 6.07) is 12.1. The second-order valence-corrected chi connectivity index (χ2v) is 7.30. The first-order valence-corrected chi connectivity index (χ1v) is 8.28. The molecule has 0 saturated carbocycles. The summed E-state index contributed by atoms with van der Waals surface area (Å²) in [6.07, 6.45) is 0.667. The predicted octanol–water partition coefficient (Wildman–Crippen LogP) is 2.45. The molecule has 0 atom stereocenters. The van der Waals surface area contributed by atoms with Crippen molar-refractivity contribution in [1.82, 2.24) is 4.31 Å². The van der Waals surface area contributed by atoms with Crippen molar-refractivity contribution >= 4 is 10.0 Å². The molecule has 0 unspecified atom stereocenters. The third-order valence-corrected chi connectivity index (χ3v) is 5.64. The van der Waals surface area contributed by atoms with Crippen molar-refractivity contribution in [3.8, 4) is 5.75 Å². The van der Waals surface area contributed by atoms with E-state index < -0.39 is 10.0 Å². The van der Waals surface area contributed by atoms with Crippen molar-refractivity contribution in [2.24, 2.45) is 0 Å². The largest absolute Gasteiger partial charge is 0.508 e. The Morgan fingerprint density at radius 1 is 1.10 bits per heavy atom. The Balaban J connectivity index is 1.95. The topological polar surface area (TPSA) is 57.6 Å². The normalized spacial score (nSPS) is 15.7. The standard InChI is InChI=1S/C16H17NO3S/c1-12-3-2-4-16(9-12)21(19,20)17-8-7-13-5-6-15(18)10-14(13)11-17/h2-6,9-10,18H,7-8,11H2,1H3. The summed E-state index contributed by atoms with van der Waals surface area (Å²) >= 11 is 0. The van der Waals surface area contributed by atoms with E-state index in [1.807, 2.05) is 19.1 Å². The highest BCUT2D eigenvalue weighted by Crippen LogP contribution is 2.27. The molecule has 1 aliphatic rings. The molecule has 2 aromatic rings. The molecular weight excluding hydrogens is 286 g/mol. The molecule has 4 nitrogen and oxygen atoms in total. The fraction of sp³-hybridized carbons (Fsp3) is 0.250. The molecule has 0 bridgehead atoms. The molecule has 0 amide bonds. The van der Waals surface area contributed by atoms with E-state index in [1.165, 1.54) is 4.31 Å². The van der Waals surface area contributed by atoms with E-state index in [4.69, 9.17) is 0 Å². The first kappa shape index (κ1) is 14.1. The highest BCUT2D eigenvalue weighted by atomic mass is 32.2. The summed E-state index contributed by atoms with van der Waals surface area (Å²) in [5, 5.41) is 9.56. The number of aryl methyl sites for hydroxylation is 1. The first-order chi connectivity index (χ1) is 9.96. The zero-order chi connectivity index (χ0) is 15.0. The monoisotopic (exact) mass is 303 g/mol. The Bertz CT molecular complexity index is 784. The van der Waals surface area contributed by atoms with Crippen LogP contribution in [0.25, 0.3) is 0 Å². The third kappa shape index (κ3) is 2.66. The molecule has 21 heavy (non-hydrogen) atoms. The Morgan fingerprint density at radius 2 is 1.90 bits per heavy atom. The summed E-state index contributed by atoms with van der Waals surface area (Å²) in [6.45, 7) is 2.65. The summed E-state index contributed by atoms with van der Waals surface area (Å²) < 4.78 is 26.9. The van der Waals surface area contributed by atoms with E-state index in [-0.39, 0.29) is 5.75 Å². The average Bonchev–Trinajstić information content (AvgIpc) is 2.46. The summed E-state index contributed by atoms with van der Waals surface area (Å²) in [5.41, 5.74) is 2.90. The lowest BCUT2D eigenvalue weighted by Gasteiger charge is -2.28. The summed E-state index contributed by atoms with van der Waals surface area (Å²) in [4.78, 5) is 0.325. The Hall–Kier alpha value is -1.85. The lowest BCUT2D eigenvalue weighted by atomic mass is 10.0. The van der Waals surface area contributed by atoms with Crippen LogP contribution < -0.4 is 0 Å². The quantitative estimate of drug-likeness (QED) is 0.927. The van der Waals surface area contributed by atoms with Gasteiger partial charge in [-0.3, -0.25) is 0 Å². The molecule has 0 fully saturated rings. The molecule has 0 spiro atoms. The highest BCUT2D eigenvalue weighted by molar-refractivity contribution is 7.89. The van der Waals surface area contributed by atoms with E-state index in [2.05, 4.69) is 0 Å². The molecule has 3 rings (SSSR count). The van der Waals surface area contributed by atoms with E-state index >= 15 is 0 Å². The minimum atomic E-state index is -3.49. The average molecular weight is 303 g/mol. The zero-order valence-electron chi connectivity index (χ0n) is 11.8. The number of phenolic OH excluding ortho intramolecular Hbond substituents is 1. The van der Waals surface area contributed by atoms with Gasteiger partial charge in [0.25, 0.3) is 0 Å². The molecule has 2 aromatic carbocycles. The van der Waals surface area contributed by atoms with Crippen molar-refractivity contribution in [1.29, 1.82) is 0 Å². The van der Waals surface area contributed by atoms with Crippen LogP contribution in [0.5, 0.6) is 5.75 Å². The molecule has 1 N–H and O–H groups in total. The van der Waals surface area contributed by atoms with Crippen LogP contribution >= 0.6 is 0 Å². The van der Waals surface area contributed by atoms with Crippen LogP contribution in [0, 0.1) is 6.92 Å². The Kier molecular flexibility index (Phi) is 3.47. The van der Waals surface area contributed by atoms with Crippen molar-refractivity contribution in [2.75, 3.05) is 6.54 Å². The second-order valence-electron chi connectivity index (χ2n) is 5.36. The molecule has 1 aliphatic heterocycles. The summed E-state index contributed by atoms with van der Waals surface area (Å²) in [7, 11) is -3.49. The van der Waals surface area contributed by atoms with Crippen LogP contribution in [0.4, 0.5) is 0 Å². The third-order valence-electron chi connectivity index (χ3n) is 3.79. The zero-order valence-corrected chi connectivity index (χ0v) is 12.6. The van der Waals surface area contributed by atoms with Crippen molar-refractivity contribution in [2.45, 2.75) is 24.8 Å². The van der Waals surface area contributed by atoms with Crippen molar-refractivity contribution < 1.29 is 13.5 Å². The number of phenols is 1. The smallest absolute Gasteiger partial charge is 0.243 e. The van der Waals surface area contributed by atoms with Crippen molar-refractivity contribution in [3.05, 3.63) is 59.2 Å². The number of benzene rings is 2. The Morgan fingerprint density at radius 3 is 2.67 bits per heavy atom. The number of fused-ring (bicyclic) bond motifs is 1. The maximum atomic E-state index is 12.7. The maximum Gasteiger partial charge on any atom is 0.243 e. The fourth-order valence-electron chi connectivity index (χ4n) is 2.65. The van der Waals surface area contributed by atoms with Gasteiger partial charge >= 0.3 is 0 Å². The molecule has 5 heteroatoms. The fourth-order valence-corrected chi connectivity index (χ4v) is 4.17. The number of sulfonamides is 1. The molecule has 1 heterocycles. The van der Waals surface area contributed by atoms with Gasteiger partial charge in [-0.1, -0.05) is 18.2 Å². The van der Waals surface area contributed by atoms with Crippen LogP contribution in [-0.4, -0.2) is 24.4 Å². The number of nitrogens with zero attached hydrogens (tertiary/aromatic N) is 1. The molecule has 0 saturated heterocycles. The molecular formula is C16H17NO3S. The van der Waals surface area contributed by atoms with E-state index in [9.17, 15) is 13.5 Å². The van der Waals surface area contributed by atoms with Crippen LogP contribution in [0.3, 0.4) is 0 Å². The van der Waals surface area contributed by atoms with Gasteiger partial charge in [-0.05, 0) is 54.3 Å². The van der Waals surface area contributed by atoms with Gasteiger partial charge in [0, 0.05) is 13.1 Å². The van der Waals surface area contributed by atoms with Gasteiger partial charge in [0.1, 0.15) is 5.75 Å². The number of hydrogen-bond donors (Lipinski definition) is 1. The molecule has 0 aromatic heterocycles. The minimum Gasteiger partial charge on any atom is -0.508 e. The van der Waals surface area contributed by atoms with Gasteiger partial charge in [0.15, 0.2) is 0 Å². The second kappa shape index (κ2) is 5.16. The van der Waals surface area contributed by atoms with Crippen LogP contribution in [0.15, 0.2) is 47.4 Å². The van der Waals surface area contributed by atoms with Crippen LogP contribution in [-0.2, 0) is 23.0 Å². The lowest BCUT2D eigenvalue weighted by molar-refractivity contribution is 0.389. The van der Waals surface area contributed by atoms with Gasteiger partial charge in [0.2, 0.25) is 10.0 Å². The van der Waals surface area contributed by atoms with E-state index in [0.717, 1.165) is 16.7 Å². The van der Waals surface area contributed by atoms with Crippen molar-refractivity contribution in [3.63, 3.8) is 0 Å². The molecule has 0 radical (unpaired) electrons. The van der Waals surface area contributed by atoms with Crippen LogP contribution in [0.1, 0.15) is 16.7 Å². The summed E-state index contributed by atoms with van der Waals surface area (Å²) in [5.74, 6) is 0.170. The molecule has 110 valence electrons. The Labute approximate surface area is 124 Å². The number of rotatable bonds is 2. The van der Waals surface area contributed by atoms with Gasteiger partial charge in [0.05, 0.1) is 4.90 Å².